The van der Waals surface area contributed by atoms with Crippen molar-refractivity contribution in [2.75, 3.05) is 45.9 Å². The third-order valence-corrected chi connectivity index (χ3v) is 4.46. The number of halogens is 2. The van der Waals surface area contributed by atoms with Crippen LogP contribution in [-0.4, -0.2) is 73.6 Å². The van der Waals surface area contributed by atoms with Crippen molar-refractivity contribution in [3.63, 3.8) is 0 Å². The first kappa shape index (κ1) is 22.7. The molecule has 148 valence electrons. The number of nitrogens with zero attached hydrogens (tertiary/aromatic N) is 2. The van der Waals surface area contributed by atoms with Gasteiger partial charge in [-0.1, -0.05) is 0 Å². The number of likely N-dealkylation sites (tertiary alicyclic amines) is 1. The van der Waals surface area contributed by atoms with E-state index in [0.717, 1.165) is 32.8 Å². The summed E-state index contributed by atoms with van der Waals surface area (Å²) in [5.74, 6) is 0.421. The molecule has 26 heavy (non-hydrogen) atoms. The lowest BCUT2D eigenvalue weighted by Crippen LogP contribution is -2.42. The highest BCUT2D eigenvalue weighted by molar-refractivity contribution is 5.94. The molecule has 0 bridgehead atoms. The van der Waals surface area contributed by atoms with Crippen molar-refractivity contribution in [1.82, 2.24) is 15.1 Å². The molecule has 2 aliphatic rings. The molecule has 2 aliphatic heterocycles. The molecule has 0 radical (unpaired) electrons. The number of hydrogen-bond acceptors (Lipinski definition) is 6. The molecular weight excluding hydrogens is 383 g/mol. The largest absolute Gasteiger partial charge is 0.467 e. The van der Waals surface area contributed by atoms with Crippen LogP contribution < -0.4 is 11.1 Å². The molecular formula is C16H26Cl2N4O4. The quantitative estimate of drug-likeness (QED) is 0.699. The van der Waals surface area contributed by atoms with Gasteiger partial charge in [0.1, 0.15) is 12.0 Å². The Labute approximate surface area is 165 Å². The Bertz CT molecular complexity index is 593. The van der Waals surface area contributed by atoms with Crippen LogP contribution in [0.25, 0.3) is 0 Å². The lowest BCUT2D eigenvalue weighted by Gasteiger charge is -2.28. The molecule has 2 fully saturated rings. The van der Waals surface area contributed by atoms with Crippen molar-refractivity contribution in [1.29, 1.82) is 0 Å². The van der Waals surface area contributed by atoms with Crippen molar-refractivity contribution in [2.24, 2.45) is 5.73 Å². The first-order valence-electron chi connectivity index (χ1n) is 8.32. The molecule has 8 nitrogen and oxygen atoms in total. The van der Waals surface area contributed by atoms with Gasteiger partial charge in [-0.25, -0.2) is 0 Å². The smallest absolute Gasteiger partial charge is 0.254 e. The lowest BCUT2D eigenvalue weighted by atomic mass is 10.2. The van der Waals surface area contributed by atoms with Crippen LogP contribution in [-0.2, 0) is 16.1 Å². The number of morpholine rings is 1. The summed E-state index contributed by atoms with van der Waals surface area (Å²) in [5, 5.41) is 2.90. The van der Waals surface area contributed by atoms with Gasteiger partial charge in [-0.15, -0.1) is 24.8 Å². The Hall–Kier alpha value is -1.32. The first-order valence-corrected chi connectivity index (χ1v) is 8.32. The fourth-order valence-corrected chi connectivity index (χ4v) is 3.05. The summed E-state index contributed by atoms with van der Waals surface area (Å²) in [5.41, 5.74) is 5.91. The second kappa shape index (κ2) is 10.7. The molecule has 0 saturated carbocycles. The zero-order chi connectivity index (χ0) is 16.9. The zero-order valence-electron chi connectivity index (χ0n) is 14.5. The van der Waals surface area contributed by atoms with Crippen LogP contribution in [0.15, 0.2) is 16.7 Å². The Morgan fingerprint density at radius 2 is 2.00 bits per heavy atom. The van der Waals surface area contributed by atoms with Crippen LogP contribution in [0, 0.1) is 0 Å². The molecule has 3 rings (SSSR count). The molecule has 1 unspecified atom stereocenters. The molecule has 1 aromatic heterocycles. The normalized spacial score (nSPS) is 20.4. The van der Waals surface area contributed by atoms with Crippen LogP contribution in [0.5, 0.6) is 0 Å². The fourth-order valence-electron chi connectivity index (χ4n) is 3.05. The van der Waals surface area contributed by atoms with E-state index >= 15 is 0 Å². The maximum atomic E-state index is 12.2. The minimum Gasteiger partial charge on any atom is -0.467 e. The van der Waals surface area contributed by atoms with Gasteiger partial charge in [-0.2, -0.15) is 0 Å². The minimum atomic E-state index is -0.230. The van der Waals surface area contributed by atoms with Gasteiger partial charge in [0.2, 0.25) is 5.91 Å². The van der Waals surface area contributed by atoms with E-state index in [9.17, 15) is 9.59 Å². The molecule has 0 aromatic carbocycles. The third kappa shape index (κ3) is 5.85. The predicted molar refractivity (Wildman–Crippen MR) is 101 cm³/mol. The molecule has 0 aliphatic carbocycles. The van der Waals surface area contributed by atoms with Gasteiger partial charge >= 0.3 is 0 Å². The van der Waals surface area contributed by atoms with Crippen molar-refractivity contribution in [3.8, 4) is 0 Å². The number of hydrogen-bond donors (Lipinski definition) is 2. The van der Waals surface area contributed by atoms with Gasteiger partial charge in [-0.3, -0.25) is 14.5 Å². The topological polar surface area (TPSA) is 101 Å². The molecule has 0 spiro atoms. The second-order valence-electron chi connectivity index (χ2n) is 6.17. The fraction of sp³-hybridized carbons (Fsp3) is 0.625. The summed E-state index contributed by atoms with van der Waals surface area (Å²) in [6.07, 6.45) is 1.74. The van der Waals surface area contributed by atoms with Crippen molar-refractivity contribution >= 4 is 36.6 Å². The minimum absolute atomic E-state index is 0. The van der Waals surface area contributed by atoms with E-state index in [1.54, 1.807) is 6.07 Å². The van der Waals surface area contributed by atoms with Crippen molar-refractivity contribution in [3.05, 3.63) is 23.7 Å². The van der Waals surface area contributed by atoms with Gasteiger partial charge < -0.3 is 25.1 Å². The van der Waals surface area contributed by atoms with Gasteiger partial charge in [0.05, 0.1) is 31.4 Å². The maximum absolute atomic E-state index is 12.2. The van der Waals surface area contributed by atoms with Crippen molar-refractivity contribution < 1.29 is 18.7 Å². The molecule has 2 amide bonds. The summed E-state index contributed by atoms with van der Waals surface area (Å²) in [6.45, 7) is 5.66. The average molecular weight is 409 g/mol. The number of carbonyl (C=O) groups excluding carboxylic acids is 2. The van der Waals surface area contributed by atoms with E-state index in [0.29, 0.717) is 30.8 Å². The van der Waals surface area contributed by atoms with Crippen LogP contribution >= 0.6 is 24.8 Å². The Kier molecular flexibility index (Phi) is 9.38. The van der Waals surface area contributed by atoms with Crippen LogP contribution in [0.1, 0.15) is 22.5 Å². The Balaban J connectivity index is 0.00000169. The van der Waals surface area contributed by atoms with Crippen LogP contribution in [0.2, 0.25) is 0 Å². The van der Waals surface area contributed by atoms with E-state index < -0.39 is 0 Å². The Morgan fingerprint density at radius 1 is 1.27 bits per heavy atom. The predicted octanol–water partition coefficient (Wildman–Crippen LogP) is 0.245. The number of rotatable bonds is 6. The number of ether oxygens (including phenoxy) is 1. The van der Waals surface area contributed by atoms with Gasteiger partial charge in [0.15, 0.2) is 0 Å². The summed E-state index contributed by atoms with van der Waals surface area (Å²) in [6, 6.07) is 1.47. The molecule has 10 heteroatoms. The van der Waals surface area contributed by atoms with E-state index in [1.165, 1.54) is 6.26 Å². The molecule has 1 atom stereocenters. The first-order chi connectivity index (χ1) is 11.7. The summed E-state index contributed by atoms with van der Waals surface area (Å²) < 4.78 is 10.5. The van der Waals surface area contributed by atoms with Gasteiger partial charge in [0.25, 0.3) is 5.91 Å². The lowest BCUT2D eigenvalue weighted by molar-refractivity contribution is -0.128. The number of amides is 2. The monoisotopic (exact) mass is 408 g/mol. The van der Waals surface area contributed by atoms with Gasteiger partial charge in [-0.05, 0) is 6.07 Å². The summed E-state index contributed by atoms with van der Waals surface area (Å²) >= 11 is 0. The summed E-state index contributed by atoms with van der Waals surface area (Å²) in [4.78, 5) is 28.4. The van der Waals surface area contributed by atoms with Gasteiger partial charge in [0, 0.05) is 39.1 Å². The molecule has 1 aromatic rings. The van der Waals surface area contributed by atoms with Crippen LogP contribution in [0.3, 0.4) is 0 Å². The van der Waals surface area contributed by atoms with E-state index in [-0.39, 0.29) is 49.2 Å². The van der Waals surface area contributed by atoms with E-state index in [4.69, 9.17) is 14.9 Å². The summed E-state index contributed by atoms with van der Waals surface area (Å²) in [7, 11) is 0. The number of carbonyl (C=O) groups is 2. The molecule has 3 N–H and O–H groups in total. The number of nitrogens with two attached hydrogens (primary N) is 1. The number of furan rings is 1. The van der Waals surface area contributed by atoms with Crippen molar-refractivity contribution in [2.45, 2.75) is 19.0 Å². The molecule has 2 saturated heterocycles. The average Bonchev–Trinajstić information content (AvgIpc) is 3.20. The Morgan fingerprint density at radius 3 is 2.65 bits per heavy atom. The highest BCUT2D eigenvalue weighted by Gasteiger charge is 2.31. The molecule has 3 heterocycles. The SMILES string of the molecule is Cl.Cl.NCc1cc(C(=O)NC2CC(=O)N(CCN3CCOCC3)C2)co1. The van der Waals surface area contributed by atoms with Crippen LogP contribution in [0.4, 0.5) is 0 Å². The maximum Gasteiger partial charge on any atom is 0.254 e. The van der Waals surface area contributed by atoms with E-state index in [1.807, 2.05) is 4.90 Å². The standard InChI is InChI=1S/C16H24N4O4.2ClH/c17-9-14-7-12(11-24-14)16(22)18-13-8-15(21)20(10-13)2-1-19-3-5-23-6-4-19;;/h7,11,13H,1-6,8-10,17H2,(H,18,22);2*1H. The highest BCUT2D eigenvalue weighted by atomic mass is 35.5. The third-order valence-electron chi connectivity index (χ3n) is 4.46. The zero-order valence-corrected chi connectivity index (χ0v) is 16.2. The number of nitrogens with one attached hydrogen (secondary N) is 1. The second-order valence-corrected chi connectivity index (χ2v) is 6.17. The van der Waals surface area contributed by atoms with E-state index in [2.05, 4.69) is 10.2 Å². The highest BCUT2D eigenvalue weighted by Crippen LogP contribution is 2.13.